The van der Waals surface area contributed by atoms with E-state index in [-0.39, 0.29) is 37.1 Å². The van der Waals surface area contributed by atoms with Crippen molar-refractivity contribution in [3.63, 3.8) is 0 Å². The summed E-state index contributed by atoms with van der Waals surface area (Å²) in [6.45, 7) is 6.96. The monoisotopic (exact) mass is 318 g/mol. The van der Waals surface area contributed by atoms with Crippen molar-refractivity contribution in [2.24, 2.45) is 0 Å². The second-order valence-electron chi connectivity index (χ2n) is 2.17. The summed E-state index contributed by atoms with van der Waals surface area (Å²) in [4.78, 5) is 21.6. The van der Waals surface area contributed by atoms with Crippen molar-refractivity contribution in [2.75, 3.05) is 13.2 Å². The Morgan fingerprint density at radius 3 is 1.53 bits per heavy atom. The minimum atomic E-state index is -0.611. The molecule has 0 aliphatic carbocycles. The Balaban J connectivity index is 0. The summed E-state index contributed by atoms with van der Waals surface area (Å²) in [6.07, 6.45) is 4.85. The molecule has 4 nitrogen and oxygen atoms in total. The van der Waals surface area contributed by atoms with Crippen LogP contribution in [0.15, 0.2) is 37.5 Å². The number of rotatable bonds is 6. The van der Waals surface area contributed by atoms with Gasteiger partial charge in [-0.2, -0.15) is 0 Å². The average molecular weight is 317 g/mol. The van der Waals surface area contributed by atoms with Crippen molar-refractivity contribution in [3.05, 3.63) is 37.5 Å². The summed E-state index contributed by atoms with van der Waals surface area (Å²) in [5.41, 5.74) is 0. The van der Waals surface area contributed by atoms with Crippen molar-refractivity contribution in [1.29, 1.82) is 0 Å². The van der Waals surface area contributed by atoms with Crippen LogP contribution in [0.5, 0.6) is 0 Å². The normalized spacial score (nSPS) is 8.80. The van der Waals surface area contributed by atoms with Gasteiger partial charge in [-0.3, -0.25) is 0 Å². The molecule has 5 heteroatoms. The fraction of sp³-hybridized carbons (Fsp3) is 0.200. The van der Waals surface area contributed by atoms with Gasteiger partial charge in [0.25, 0.3) is 0 Å². The first-order valence-electron chi connectivity index (χ1n) is 3.94. The summed E-state index contributed by atoms with van der Waals surface area (Å²) < 4.78 is 9.15. The van der Waals surface area contributed by atoms with Gasteiger partial charge in [-0.15, -0.1) is 0 Å². The number of ether oxygens (including phenoxy) is 2. The summed E-state index contributed by atoms with van der Waals surface area (Å²) in [7, 11) is 0. The second kappa shape index (κ2) is 11.0. The number of carbonyl (C=O) groups is 2. The van der Waals surface area contributed by atoms with E-state index < -0.39 is 11.9 Å². The summed E-state index contributed by atoms with van der Waals surface area (Å²) in [5, 5.41) is 0. The fourth-order valence-corrected chi connectivity index (χ4v) is 0.514. The molecule has 0 aromatic heterocycles. The summed E-state index contributed by atoms with van der Waals surface area (Å²) in [6, 6.07) is 0. The van der Waals surface area contributed by atoms with Crippen LogP contribution in [0, 0.1) is 0 Å². The zero-order chi connectivity index (χ0) is 10.8. The molecule has 0 aliphatic heterocycles. The van der Waals surface area contributed by atoms with Crippen molar-refractivity contribution >= 4 is 35.8 Å². The molecule has 2 radical (unpaired) electrons. The van der Waals surface area contributed by atoms with Gasteiger partial charge in [-0.05, 0) is 0 Å². The van der Waals surface area contributed by atoms with Crippen molar-refractivity contribution in [2.45, 2.75) is 0 Å². The minimum absolute atomic E-state index is 0. The van der Waals surface area contributed by atoms with E-state index in [0.29, 0.717) is 0 Å². The van der Waals surface area contributed by atoms with E-state index in [4.69, 9.17) is 0 Å². The predicted molar refractivity (Wildman–Crippen MR) is 60.0 cm³/mol. The van der Waals surface area contributed by atoms with Crippen LogP contribution in [0.1, 0.15) is 0 Å². The molecule has 0 unspecified atom stereocenters. The Hall–Kier alpha value is -1.04. The molecule has 0 spiro atoms. The van der Waals surface area contributed by atoms with E-state index in [1.807, 2.05) is 0 Å². The molecule has 0 aromatic rings. The van der Waals surface area contributed by atoms with E-state index in [2.05, 4.69) is 22.6 Å². The molecule has 0 saturated heterocycles. The van der Waals surface area contributed by atoms with Crippen molar-refractivity contribution in [3.8, 4) is 0 Å². The molecule has 0 aliphatic rings. The van der Waals surface area contributed by atoms with Gasteiger partial charge in [0, 0.05) is 12.2 Å². The van der Waals surface area contributed by atoms with Crippen LogP contribution in [0.3, 0.4) is 0 Å². The number of esters is 2. The zero-order valence-corrected chi connectivity index (χ0v) is 12.5. The van der Waals surface area contributed by atoms with Crippen LogP contribution < -0.4 is 0 Å². The quantitative estimate of drug-likeness (QED) is 0.301. The van der Waals surface area contributed by atoms with Gasteiger partial charge in [-0.25, -0.2) is 9.59 Å². The SMILES string of the molecule is C=CCOC(=O)/C=C\C(=O)OCC=C.[SnH2]. The molecule has 82 valence electrons. The van der Waals surface area contributed by atoms with Gasteiger partial charge in [0.05, 0.1) is 0 Å². The van der Waals surface area contributed by atoms with Gasteiger partial charge in [0.15, 0.2) is 0 Å². The van der Waals surface area contributed by atoms with Crippen molar-refractivity contribution in [1.82, 2.24) is 0 Å². The third-order valence-electron chi connectivity index (χ3n) is 1.04. The number of hydrogen-bond acceptors (Lipinski definition) is 4. The molecule has 0 N–H and O–H groups in total. The van der Waals surface area contributed by atoms with E-state index in [1.165, 1.54) is 12.2 Å². The third-order valence-corrected chi connectivity index (χ3v) is 1.04. The summed E-state index contributed by atoms with van der Waals surface area (Å²) in [5.74, 6) is -1.22. The van der Waals surface area contributed by atoms with Crippen LogP contribution in [-0.2, 0) is 19.1 Å². The first kappa shape index (κ1) is 16.4. The number of hydrogen-bond donors (Lipinski definition) is 0. The molecule has 0 rings (SSSR count). The summed E-state index contributed by atoms with van der Waals surface area (Å²) >= 11 is 0. The second-order valence-corrected chi connectivity index (χ2v) is 2.17. The maximum atomic E-state index is 10.8. The van der Waals surface area contributed by atoms with Crippen LogP contribution in [0.2, 0.25) is 0 Å². The Bertz CT molecular complexity index is 232. The Morgan fingerprint density at radius 1 is 0.933 bits per heavy atom. The Labute approximate surface area is 106 Å². The molecule has 0 bridgehead atoms. The van der Waals surface area contributed by atoms with Crippen LogP contribution in [-0.4, -0.2) is 49.1 Å². The topological polar surface area (TPSA) is 52.6 Å². The first-order valence-corrected chi connectivity index (χ1v) is 3.94. The van der Waals surface area contributed by atoms with Gasteiger partial charge >= 0.3 is 35.8 Å². The fourth-order valence-electron chi connectivity index (χ4n) is 0.514. The van der Waals surface area contributed by atoms with Crippen LogP contribution >= 0.6 is 0 Å². The van der Waals surface area contributed by atoms with E-state index in [9.17, 15) is 9.59 Å². The standard InChI is InChI=1S/C10H12O4.Sn.2H/c1-3-7-13-9(11)5-6-10(12)14-8-4-2;;;/h3-6H,1-2,7-8H2;;;/b6-5-;;;. The average Bonchev–Trinajstić information content (AvgIpc) is 2.20. The van der Waals surface area contributed by atoms with Crippen molar-refractivity contribution < 1.29 is 19.1 Å². The van der Waals surface area contributed by atoms with Crippen LogP contribution in [0.25, 0.3) is 0 Å². The molecule has 0 fully saturated rings. The Kier molecular flexibility index (Phi) is 12.1. The molecular weight excluding hydrogens is 303 g/mol. The van der Waals surface area contributed by atoms with E-state index in [1.54, 1.807) is 0 Å². The molecule has 0 saturated carbocycles. The third kappa shape index (κ3) is 10.9. The van der Waals surface area contributed by atoms with Gasteiger partial charge in [-0.1, -0.05) is 25.3 Å². The Morgan fingerprint density at radius 2 is 1.27 bits per heavy atom. The van der Waals surface area contributed by atoms with Crippen LogP contribution in [0.4, 0.5) is 0 Å². The number of carbonyl (C=O) groups excluding carboxylic acids is 2. The maximum absolute atomic E-state index is 10.8. The van der Waals surface area contributed by atoms with Gasteiger partial charge < -0.3 is 9.47 Å². The van der Waals surface area contributed by atoms with Gasteiger partial charge in [0.1, 0.15) is 13.2 Å². The molecule has 15 heavy (non-hydrogen) atoms. The first-order chi connectivity index (χ1) is 6.70. The van der Waals surface area contributed by atoms with Gasteiger partial charge in [0.2, 0.25) is 0 Å². The predicted octanol–water partition coefficient (Wildman–Crippen LogP) is 0.0848. The van der Waals surface area contributed by atoms with E-state index in [0.717, 1.165) is 12.2 Å². The molecule has 0 amide bonds. The molecular formula is C10H14O4Sn. The molecule has 0 heterocycles. The molecule has 0 atom stereocenters. The zero-order valence-electron chi connectivity index (χ0n) is 8.48. The van der Waals surface area contributed by atoms with E-state index >= 15 is 0 Å². The molecule has 0 aromatic carbocycles.